The van der Waals surface area contributed by atoms with E-state index in [-0.39, 0.29) is 5.82 Å². The summed E-state index contributed by atoms with van der Waals surface area (Å²) in [7, 11) is 1.73. The number of aliphatic imine (C=N–C) groups is 1. The van der Waals surface area contributed by atoms with E-state index in [1.807, 2.05) is 19.1 Å². The molecule has 0 saturated carbocycles. The fourth-order valence-electron chi connectivity index (χ4n) is 2.37. The van der Waals surface area contributed by atoms with Gasteiger partial charge < -0.3 is 20.1 Å². The summed E-state index contributed by atoms with van der Waals surface area (Å²) in [6.07, 6.45) is 3.65. The molecule has 0 bridgehead atoms. The van der Waals surface area contributed by atoms with Gasteiger partial charge in [0.1, 0.15) is 11.6 Å². The van der Waals surface area contributed by atoms with Gasteiger partial charge in [-0.3, -0.25) is 4.99 Å². The third kappa shape index (κ3) is 7.62. The van der Waals surface area contributed by atoms with E-state index in [0.29, 0.717) is 24.1 Å². The maximum absolute atomic E-state index is 13.3. The lowest BCUT2D eigenvalue weighted by Gasteiger charge is -2.14. The van der Waals surface area contributed by atoms with Crippen molar-refractivity contribution in [3.8, 4) is 11.6 Å². The molecule has 0 amide bonds. The number of rotatable bonds is 10. The van der Waals surface area contributed by atoms with E-state index in [1.54, 1.807) is 25.4 Å². The molecule has 6 nitrogen and oxygen atoms in total. The molecule has 1 aromatic heterocycles. The van der Waals surface area contributed by atoms with Gasteiger partial charge in [-0.05, 0) is 38.0 Å². The van der Waals surface area contributed by atoms with Gasteiger partial charge >= 0.3 is 0 Å². The molecule has 0 fully saturated rings. The van der Waals surface area contributed by atoms with Gasteiger partial charge in [0, 0.05) is 51.2 Å². The molecule has 2 rings (SSSR count). The van der Waals surface area contributed by atoms with Crippen LogP contribution < -0.4 is 15.4 Å². The normalized spacial score (nSPS) is 11.3. The first-order chi connectivity index (χ1) is 13.2. The Bertz CT molecular complexity index is 725. The minimum absolute atomic E-state index is 0.350. The molecule has 7 heteroatoms. The standard InChI is InChI=1S/C20H27FN4O2/c1-3-26-13-5-4-11-24-20(22-2)25-15-16-8-7-12-23-19(16)27-18-10-6-9-17(21)14-18/h6-10,12,14H,3-5,11,13,15H2,1-2H3,(H2,22,24,25). The molecule has 2 aromatic rings. The first kappa shape index (κ1) is 20.6. The van der Waals surface area contributed by atoms with Gasteiger partial charge in [0.05, 0.1) is 0 Å². The zero-order valence-corrected chi connectivity index (χ0v) is 15.9. The second kappa shape index (κ2) is 11.9. The first-order valence-corrected chi connectivity index (χ1v) is 9.12. The topological polar surface area (TPSA) is 67.8 Å². The zero-order valence-electron chi connectivity index (χ0n) is 15.9. The number of halogens is 1. The molecule has 27 heavy (non-hydrogen) atoms. The van der Waals surface area contributed by atoms with Crippen LogP contribution in [0.25, 0.3) is 0 Å². The summed E-state index contributed by atoms with van der Waals surface area (Å²) in [5.41, 5.74) is 0.848. The van der Waals surface area contributed by atoms with Gasteiger partial charge in [0.25, 0.3) is 0 Å². The summed E-state index contributed by atoms with van der Waals surface area (Å²) < 4.78 is 24.4. The summed E-state index contributed by atoms with van der Waals surface area (Å²) >= 11 is 0. The Morgan fingerprint density at radius 2 is 2.07 bits per heavy atom. The van der Waals surface area contributed by atoms with Crippen molar-refractivity contribution in [2.75, 3.05) is 26.8 Å². The predicted octanol–water partition coefficient (Wildman–Crippen LogP) is 3.49. The fourth-order valence-corrected chi connectivity index (χ4v) is 2.37. The molecular weight excluding hydrogens is 347 g/mol. The van der Waals surface area contributed by atoms with Crippen LogP contribution in [0.1, 0.15) is 25.3 Å². The fraction of sp³-hybridized carbons (Fsp3) is 0.400. The molecule has 0 spiro atoms. The highest BCUT2D eigenvalue weighted by atomic mass is 19.1. The van der Waals surface area contributed by atoms with E-state index in [9.17, 15) is 4.39 Å². The average molecular weight is 374 g/mol. The van der Waals surface area contributed by atoms with Crippen LogP contribution in [0.3, 0.4) is 0 Å². The molecule has 0 aliphatic carbocycles. The molecule has 146 valence electrons. The van der Waals surface area contributed by atoms with E-state index >= 15 is 0 Å². The summed E-state index contributed by atoms with van der Waals surface area (Å²) in [6, 6.07) is 9.73. The SMILES string of the molecule is CCOCCCCNC(=NC)NCc1cccnc1Oc1cccc(F)c1. The Morgan fingerprint density at radius 1 is 1.19 bits per heavy atom. The van der Waals surface area contributed by atoms with E-state index < -0.39 is 0 Å². The highest BCUT2D eigenvalue weighted by Crippen LogP contribution is 2.23. The smallest absolute Gasteiger partial charge is 0.224 e. The van der Waals surface area contributed by atoms with Crippen LogP contribution in [0.5, 0.6) is 11.6 Å². The number of unbranched alkanes of at least 4 members (excludes halogenated alkanes) is 1. The van der Waals surface area contributed by atoms with Crippen LogP contribution in [-0.2, 0) is 11.3 Å². The zero-order chi connectivity index (χ0) is 19.3. The number of pyridine rings is 1. The lowest BCUT2D eigenvalue weighted by molar-refractivity contribution is 0.143. The number of aromatic nitrogens is 1. The molecule has 2 N–H and O–H groups in total. The number of guanidine groups is 1. The second-order valence-corrected chi connectivity index (χ2v) is 5.78. The average Bonchev–Trinajstić information content (AvgIpc) is 2.68. The monoisotopic (exact) mass is 374 g/mol. The van der Waals surface area contributed by atoms with Crippen LogP contribution in [0, 0.1) is 5.82 Å². The van der Waals surface area contributed by atoms with Gasteiger partial charge in [0.2, 0.25) is 5.88 Å². The number of ether oxygens (including phenoxy) is 2. The van der Waals surface area contributed by atoms with Crippen LogP contribution in [0.4, 0.5) is 4.39 Å². The molecule has 0 aliphatic rings. The lowest BCUT2D eigenvalue weighted by atomic mass is 10.2. The highest BCUT2D eigenvalue weighted by molar-refractivity contribution is 5.79. The number of hydrogen-bond donors (Lipinski definition) is 2. The Hall–Kier alpha value is -2.67. The van der Waals surface area contributed by atoms with Gasteiger partial charge in [-0.25, -0.2) is 9.37 Å². The van der Waals surface area contributed by atoms with E-state index in [2.05, 4.69) is 20.6 Å². The summed E-state index contributed by atoms with van der Waals surface area (Å²) in [5.74, 6) is 1.19. The van der Waals surface area contributed by atoms with Crippen molar-refractivity contribution in [2.45, 2.75) is 26.3 Å². The molecule has 1 heterocycles. The lowest BCUT2D eigenvalue weighted by Crippen LogP contribution is -2.37. The van der Waals surface area contributed by atoms with Crippen molar-refractivity contribution in [3.05, 3.63) is 54.0 Å². The van der Waals surface area contributed by atoms with Gasteiger partial charge in [0.15, 0.2) is 5.96 Å². The van der Waals surface area contributed by atoms with Crippen molar-refractivity contribution >= 4 is 5.96 Å². The number of nitrogens with one attached hydrogen (secondary N) is 2. The summed E-state index contributed by atoms with van der Waals surface area (Å²) in [5, 5.41) is 6.50. The highest BCUT2D eigenvalue weighted by Gasteiger charge is 2.08. The Kier molecular flexibility index (Phi) is 9.06. The molecular formula is C20H27FN4O2. The molecule has 0 atom stereocenters. The number of nitrogens with zero attached hydrogens (tertiary/aromatic N) is 2. The van der Waals surface area contributed by atoms with Gasteiger partial charge in [-0.1, -0.05) is 12.1 Å². The van der Waals surface area contributed by atoms with Crippen molar-refractivity contribution in [1.82, 2.24) is 15.6 Å². The van der Waals surface area contributed by atoms with Crippen LogP contribution in [0.15, 0.2) is 47.6 Å². The number of benzene rings is 1. The van der Waals surface area contributed by atoms with E-state index in [1.165, 1.54) is 12.1 Å². The van der Waals surface area contributed by atoms with Crippen LogP contribution in [0.2, 0.25) is 0 Å². The first-order valence-electron chi connectivity index (χ1n) is 9.12. The maximum atomic E-state index is 13.3. The Morgan fingerprint density at radius 3 is 2.85 bits per heavy atom. The molecule has 0 saturated heterocycles. The molecule has 0 aliphatic heterocycles. The molecule has 1 aromatic carbocycles. The van der Waals surface area contributed by atoms with Gasteiger partial charge in [-0.15, -0.1) is 0 Å². The van der Waals surface area contributed by atoms with Crippen molar-refractivity contribution in [2.24, 2.45) is 4.99 Å². The molecule has 0 unspecified atom stereocenters. The number of hydrogen-bond acceptors (Lipinski definition) is 4. The van der Waals surface area contributed by atoms with Gasteiger partial charge in [-0.2, -0.15) is 0 Å². The summed E-state index contributed by atoms with van der Waals surface area (Å²) in [4.78, 5) is 8.47. The Balaban J connectivity index is 1.85. The third-order valence-electron chi connectivity index (χ3n) is 3.74. The predicted molar refractivity (Wildman–Crippen MR) is 105 cm³/mol. The van der Waals surface area contributed by atoms with E-state index in [0.717, 1.165) is 38.2 Å². The third-order valence-corrected chi connectivity index (χ3v) is 3.74. The Labute approximate surface area is 159 Å². The second-order valence-electron chi connectivity index (χ2n) is 5.78. The summed E-state index contributed by atoms with van der Waals surface area (Å²) in [6.45, 7) is 4.82. The largest absolute Gasteiger partial charge is 0.439 e. The quantitative estimate of drug-likeness (QED) is 0.379. The van der Waals surface area contributed by atoms with Crippen LogP contribution in [-0.4, -0.2) is 37.7 Å². The molecule has 0 radical (unpaired) electrons. The van der Waals surface area contributed by atoms with Crippen molar-refractivity contribution in [3.63, 3.8) is 0 Å². The van der Waals surface area contributed by atoms with Crippen LogP contribution >= 0.6 is 0 Å². The maximum Gasteiger partial charge on any atom is 0.224 e. The van der Waals surface area contributed by atoms with E-state index in [4.69, 9.17) is 9.47 Å². The van der Waals surface area contributed by atoms with Crippen molar-refractivity contribution < 1.29 is 13.9 Å². The minimum atomic E-state index is -0.350. The minimum Gasteiger partial charge on any atom is -0.439 e. The van der Waals surface area contributed by atoms with Crippen molar-refractivity contribution in [1.29, 1.82) is 0 Å².